The molecule has 0 saturated heterocycles. The molecule has 0 aliphatic carbocycles. The summed E-state index contributed by atoms with van der Waals surface area (Å²) in [6, 6.07) is 3.27. The summed E-state index contributed by atoms with van der Waals surface area (Å²) in [5, 5.41) is 11.9. The number of nitrogens with one attached hydrogen (secondary N) is 1. The van der Waals surface area contributed by atoms with Gasteiger partial charge < -0.3 is 5.11 Å². The number of pyridine rings is 1. The number of hydrogen-bond acceptors (Lipinski definition) is 3. The minimum Gasteiger partial charge on any atom is -0.480 e. The first-order valence-electron chi connectivity index (χ1n) is 5.04. The Labute approximate surface area is 89.3 Å². The first kappa shape index (κ1) is 11.7. The van der Waals surface area contributed by atoms with Crippen LogP contribution in [-0.2, 0) is 4.79 Å². The van der Waals surface area contributed by atoms with Gasteiger partial charge in [-0.2, -0.15) is 0 Å². The molecule has 4 nitrogen and oxygen atoms in total. The summed E-state index contributed by atoms with van der Waals surface area (Å²) in [4.78, 5) is 14.8. The van der Waals surface area contributed by atoms with Crippen LogP contribution in [0, 0.1) is 0 Å². The maximum absolute atomic E-state index is 10.8. The average Bonchev–Trinajstić information content (AvgIpc) is 2.26. The highest BCUT2D eigenvalue weighted by Crippen LogP contribution is 2.11. The fourth-order valence-electron chi connectivity index (χ4n) is 1.39. The van der Waals surface area contributed by atoms with Gasteiger partial charge in [-0.1, -0.05) is 13.0 Å². The molecule has 0 aliphatic heterocycles. The number of carboxylic acids is 1. The average molecular weight is 208 g/mol. The zero-order valence-corrected chi connectivity index (χ0v) is 8.97. The lowest BCUT2D eigenvalue weighted by atomic mass is 10.1. The summed E-state index contributed by atoms with van der Waals surface area (Å²) < 4.78 is 0. The zero-order valence-electron chi connectivity index (χ0n) is 8.97. The van der Waals surface area contributed by atoms with Gasteiger partial charge in [0.15, 0.2) is 0 Å². The van der Waals surface area contributed by atoms with E-state index in [1.54, 1.807) is 12.4 Å². The molecule has 0 aromatic carbocycles. The van der Waals surface area contributed by atoms with Crippen LogP contribution in [0.5, 0.6) is 0 Å². The van der Waals surface area contributed by atoms with E-state index in [4.69, 9.17) is 5.11 Å². The number of hydrogen-bond donors (Lipinski definition) is 2. The molecule has 0 amide bonds. The number of aromatic nitrogens is 1. The van der Waals surface area contributed by atoms with Gasteiger partial charge in [0.05, 0.1) is 0 Å². The lowest BCUT2D eigenvalue weighted by Gasteiger charge is -2.18. The van der Waals surface area contributed by atoms with Gasteiger partial charge in [0.25, 0.3) is 0 Å². The zero-order chi connectivity index (χ0) is 11.3. The molecule has 2 N–H and O–H groups in total. The fourth-order valence-corrected chi connectivity index (χ4v) is 1.39. The molecular weight excluding hydrogens is 192 g/mol. The molecule has 82 valence electrons. The third kappa shape index (κ3) is 3.32. The van der Waals surface area contributed by atoms with Gasteiger partial charge in [0.2, 0.25) is 0 Å². The second kappa shape index (κ2) is 5.46. The smallest absolute Gasteiger partial charge is 0.320 e. The van der Waals surface area contributed by atoms with Gasteiger partial charge in [-0.25, -0.2) is 0 Å². The normalized spacial score (nSPS) is 14.5. The Morgan fingerprint density at radius 3 is 2.87 bits per heavy atom. The summed E-state index contributed by atoms with van der Waals surface area (Å²) in [7, 11) is 0. The summed E-state index contributed by atoms with van der Waals surface area (Å²) >= 11 is 0. The molecule has 1 heterocycles. The minimum atomic E-state index is -0.812. The molecule has 1 aromatic heterocycles. The molecular formula is C11H16N2O2. The third-order valence-electron chi connectivity index (χ3n) is 2.34. The van der Waals surface area contributed by atoms with Gasteiger partial charge in [0, 0.05) is 18.4 Å². The topological polar surface area (TPSA) is 62.2 Å². The van der Waals surface area contributed by atoms with Crippen molar-refractivity contribution >= 4 is 5.97 Å². The van der Waals surface area contributed by atoms with Crippen molar-refractivity contribution in [1.29, 1.82) is 0 Å². The second-order valence-electron chi connectivity index (χ2n) is 3.47. The lowest BCUT2D eigenvalue weighted by molar-refractivity contribution is -0.139. The van der Waals surface area contributed by atoms with Crippen molar-refractivity contribution in [3.8, 4) is 0 Å². The Bertz CT molecular complexity index is 314. The molecule has 4 heteroatoms. The Morgan fingerprint density at radius 2 is 2.40 bits per heavy atom. The van der Waals surface area contributed by atoms with E-state index in [9.17, 15) is 4.79 Å². The summed E-state index contributed by atoms with van der Waals surface area (Å²) in [6.45, 7) is 3.78. The maximum Gasteiger partial charge on any atom is 0.320 e. The SMILES string of the molecule is CCC(NC(C)c1cccnc1)C(=O)O. The Hall–Kier alpha value is -1.42. The summed E-state index contributed by atoms with van der Waals surface area (Å²) in [5.41, 5.74) is 0.997. The van der Waals surface area contributed by atoms with Crippen molar-refractivity contribution < 1.29 is 9.90 Å². The Morgan fingerprint density at radius 1 is 1.67 bits per heavy atom. The van der Waals surface area contributed by atoms with E-state index >= 15 is 0 Å². The predicted octanol–water partition coefficient (Wildman–Crippen LogP) is 1.60. The second-order valence-corrected chi connectivity index (χ2v) is 3.47. The number of carbonyl (C=O) groups is 1. The number of aliphatic carboxylic acids is 1. The van der Waals surface area contributed by atoms with Crippen molar-refractivity contribution in [2.24, 2.45) is 0 Å². The minimum absolute atomic E-state index is 0.000231. The maximum atomic E-state index is 10.8. The van der Waals surface area contributed by atoms with Crippen LogP contribution >= 0.6 is 0 Å². The number of nitrogens with zero attached hydrogens (tertiary/aromatic N) is 1. The Kier molecular flexibility index (Phi) is 4.24. The molecule has 0 bridgehead atoms. The standard InChI is InChI=1S/C11H16N2O2/c1-3-10(11(14)15)13-8(2)9-5-4-6-12-7-9/h4-8,10,13H,3H2,1-2H3,(H,14,15). The highest BCUT2D eigenvalue weighted by Gasteiger charge is 2.17. The molecule has 2 unspecified atom stereocenters. The molecule has 0 spiro atoms. The largest absolute Gasteiger partial charge is 0.480 e. The van der Waals surface area contributed by atoms with E-state index in [0.717, 1.165) is 5.56 Å². The van der Waals surface area contributed by atoms with Crippen LogP contribution in [0.25, 0.3) is 0 Å². The summed E-state index contributed by atoms with van der Waals surface area (Å²) in [6.07, 6.45) is 4.01. The quantitative estimate of drug-likeness (QED) is 0.771. The highest BCUT2D eigenvalue weighted by molar-refractivity contribution is 5.73. The molecule has 0 fully saturated rings. The molecule has 0 radical (unpaired) electrons. The van der Waals surface area contributed by atoms with Crippen LogP contribution in [0.15, 0.2) is 24.5 Å². The highest BCUT2D eigenvalue weighted by atomic mass is 16.4. The first-order chi connectivity index (χ1) is 7.15. The van der Waals surface area contributed by atoms with E-state index in [2.05, 4.69) is 10.3 Å². The van der Waals surface area contributed by atoms with Crippen molar-refractivity contribution in [1.82, 2.24) is 10.3 Å². The molecule has 0 aliphatic rings. The monoisotopic (exact) mass is 208 g/mol. The first-order valence-corrected chi connectivity index (χ1v) is 5.04. The van der Waals surface area contributed by atoms with Crippen LogP contribution in [0.1, 0.15) is 31.9 Å². The van der Waals surface area contributed by atoms with Gasteiger partial charge in [-0.3, -0.25) is 15.1 Å². The van der Waals surface area contributed by atoms with Crippen molar-refractivity contribution in [3.05, 3.63) is 30.1 Å². The molecule has 1 rings (SSSR count). The van der Waals surface area contributed by atoms with E-state index in [-0.39, 0.29) is 6.04 Å². The van der Waals surface area contributed by atoms with Crippen LogP contribution in [0.4, 0.5) is 0 Å². The Balaban J connectivity index is 2.62. The molecule has 0 saturated carbocycles. The van der Waals surface area contributed by atoms with Gasteiger partial charge in [-0.05, 0) is 25.0 Å². The number of carboxylic acid groups (broad SMARTS) is 1. The number of rotatable bonds is 5. The van der Waals surface area contributed by atoms with Crippen molar-refractivity contribution in [2.75, 3.05) is 0 Å². The molecule has 15 heavy (non-hydrogen) atoms. The fraction of sp³-hybridized carbons (Fsp3) is 0.455. The van der Waals surface area contributed by atoms with Crippen molar-refractivity contribution in [3.63, 3.8) is 0 Å². The van der Waals surface area contributed by atoms with E-state index < -0.39 is 12.0 Å². The van der Waals surface area contributed by atoms with E-state index in [0.29, 0.717) is 6.42 Å². The van der Waals surface area contributed by atoms with Crippen LogP contribution in [-0.4, -0.2) is 22.1 Å². The van der Waals surface area contributed by atoms with Gasteiger partial charge >= 0.3 is 5.97 Å². The van der Waals surface area contributed by atoms with Crippen LogP contribution in [0.3, 0.4) is 0 Å². The van der Waals surface area contributed by atoms with Crippen molar-refractivity contribution in [2.45, 2.75) is 32.4 Å². The third-order valence-corrected chi connectivity index (χ3v) is 2.34. The van der Waals surface area contributed by atoms with Crippen LogP contribution < -0.4 is 5.32 Å². The molecule has 1 aromatic rings. The lowest BCUT2D eigenvalue weighted by Crippen LogP contribution is -2.37. The van der Waals surface area contributed by atoms with Gasteiger partial charge in [-0.15, -0.1) is 0 Å². The van der Waals surface area contributed by atoms with Gasteiger partial charge in [0.1, 0.15) is 6.04 Å². The predicted molar refractivity (Wildman–Crippen MR) is 57.5 cm³/mol. The van der Waals surface area contributed by atoms with Crippen LogP contribution in [0.2, 0.25) is 0 Å². The summed E-state index contributed by atoms with van der Waals surface area (Å²) in [5.74, 6) is -0.812. The van der Waals surface area contributed by atoms with E-state index in [1.807, 2.05) is 26.0 Å². The van der Waals surface area contributed by atoms with E-state index in [1.165, 1.54) is 0 Å². The molecule has 2 atom stereocenters.